The van der Waals surface area contributed by atoms with Crippen molar-refractivity contribution in [3.8, 4) is 34.1 Å². The molecule has 3 aromatic heterocycles. The summed E-state index contributed by atoms with van der Waals surface area (Å²) in [7, 11) is 0. The van der Waals surface area contributed by atoms with E-state index in [1.54, 1.807) is 0 Å². The van der Waals surface area contributed by atoms with Crippen LogP contribution in [0.2, 0.25) is 0 Å². The molecule has 0 bridgehead atoms. The van der Waals surface area contributed by atoms with E-state index >= 15 is 0 Å². The molecule has 0 fully saturated rings. The first-order valence-corrected chi connectivity index (χ1v) is 15.7. The predicted octanol–water partition coefficient (Wildman–Crippen LogP) is 10.00. The zero-order valence-corrected chi connectivity index (χ0v) is 29.1. The largest absolute Gasteiger partial charge is 2.00 e. The Labute approximate surface area is 285 Å². The van der Waals surface area contributed by atoms with Crippen LogP contribution < -0.4 is 4.74 Å². The van der Waals surface area contributed by atoms with Gasteiger partial charge in [0.2, 0.25) is 0 Å². The Hall–Kier alpha value is -4.47. The Morgan fingerprint density at radius 2 is 1.59 bits per heavy atom. The van der Waals surface area contributed by atoms with Crippen LogP contribution in [-0.2, 0) is 27.5 Å². The van der Waals surface area contributed by atoms with Crippen molar-refractivity contribution >= 4 is 21.8 Å². The van der Waals surface area contributed by atoms with Crippen molar-refractivity contribution in [2.24, 2.45) is 0 Å². The van der Waals surface area contributed by atoms with E-state index in [4.69, 9.17) is 14.8 Å². The van der Waals surface area contributed by atoms with Gasteiger partial charge in [0, 0.05) is 34.5 Å². The van der Waals surface area contributed by atoms with Gasteiger partial charge in [-0.3, -0.25) is 4.68 Å². The van der Waals surface area contributed by atoms with Crippen molar-refractivity contribution in [2.75, 3.05) is 0 Å². The summed E-state index contributed by atoms with van der Waals surface area (Å²) in [6.07, 6.45) is 5.02. The third-order valence-electron chi connectivity index (χ3n) is 8.45. The van der Waals surface area contributed by atoms with E-state index in [0.717, 1.165) is 75.3 Å². The zero-order chi connectivity index (χ0) is 31.1. The minimum Gasteiger partial charge on any atom is -0.509 e. The third kappa shape index (κ3) is 5.92. The number of aryl methyl sites for hydroxylation is 4. The number of rotatable bonds is 8. The van der Waals surface area contributed by atoms with Crippen LogP contribution >= 0.6 is 0 Å². The number of aromatic nitrogens is 4. The van der Waals surface area contributed by atoms with Crippen LogP contribution in [-0.4, -0.2) is 19.3 Å². The Bertz CT molecular complexity index is 2180. The summed E-state index contributed by atoms with van der Waals surface area (Å²) in [5, 5.41) is 7.25. The predicted molar refractivity (Wildman–Crippen MR) is 183 cm³/mol. The molecule has 7 aromatic rings. The van der Waals surface area contributed by atoms with Crippen molar-refractivity contribution in [2.45, 2.75) is 53.9 Å². The van der Waals surface area contributed by atoms with Gasteiger partial charge in [0.1, 0.15) is 5.82 Å². The average molecular weight is 784 g/mol. The van der Waals surface area contributed by atoms with Gasteiger partial charge in [-0.25, -0.2) is 4.98 Å². The molecule has 0 aliphatic heterocycles. The molecule has 0 amide bonds. The van der Waals surface area contributed by atoms with Gasteiger partial charge in [-0.05, 0) is 68.1 Å². The molecule has 7 rings (SSSR count). The van der Waals surface area contributed by atoms with Crippen LogP contribution in [0.15, 0.2) is 91.1 Å². The van der Waals surface area contributed by atoms with Crippen molar-refractivity contribution in [3.63, 3.8) is 0 Å². The second kappa shape index (κ2) is 13.1. The number of ether oxygens (including phenoxy) is 1. The number of unbranched alkanes of at least 4 members (excludes halogenated alkanes) is 1. The van der Waals surface area contributed by atoms with Gasteiger partial charge in [0.05, 0.1) is 5.69 Å². The molecule has 4 aromatic carbocycles. The monoisotopic (exact) mass is 783 g/mol. The maximum Gasteiger partial charge on any atom is 2.00 e. The van der Waals surface area contributed by atoms with Crippen molar-refractivity contribution < 1.29 is 25.8 Å². The van der Waals surface area contributed by atoms with E-state index in [-0.39, 0.29) is 21.1 Å². The standard InChI is InChI=1S/C40H36N4O.Pt/c1-6-7-11-30-22-32(44-29(5)40(28(4)42-44)31-12-9-8-10-13-31)24-34(23-30)45-33-15-16-35-36-20-26(2)14-17-37(36)43(38(35)25-33)39-21-27(3)18-19-41-39;/h8-10,12-23H,6-7,11H2,1-5H3;/q-2;+2. The van der Waals surface area contributed by atoms with Crippen LogP contribution in [0.1, 0.15) is 47.8 Å². The number of fused-ring (bicyclic) bond motifs is 3. The van der Waals surface area contributed by atoms with E-state index in [1.165, 1.54) is 16.5 Å². The zero-order valence-electron chi connectivity index (χ0n) is 26.8. The van der Waals surface area contributed by atoms with Crippen LogP contribution in [0, 0.1) is 39.8 Å². The maximum absolute atomic E-state index is 6.58. The molecule has 0 spiro atoms. The fraction of sp³-hybridized carbons (Fsp3) is 0.200. The van der Waals surface area contributed by atoms with Gasteiger partial charge in [-0.15, -0.1) is 35.7 Å². The molecule has 232 valence electrons. The summed E-state index contributed by atoms with van der Waals surface area (Å²) in [6, 6.07) is 36.7. The second-order valence-corrected chi connectivity index (χ2v) is 11.9. The topological polar surface area (TPSA) is 44.9 Å². The molecule has 5 nitrogen and oxygen atoms in total. The maximum atomic E-state index is 6.58. The summed E-state index contributed by atoms with van der Waals surface area (Å²) in [4.78, 5) is 4.73. The minimum atomic E-state index is 0. The first-order valence-electron chi connectivity index (χ1n) is 15.7. The van der Waals surface area contributed by atoms with E-state index < -0.39 is 0 Å². The molecule has 3 heterocycles. The van der Waals surface area contributed by atoms with E-state index in [2.05, 4.69) is 118 Å². The summed E-state index contributed by atoms with van der Waals surface area (Å²) in [6.45, 7) is 10.6. The summed E-state index contributed by atoms with van der Waals surface area (Å²) in [5.74, 6) is 2.14. The average Bonchev–Trinajstić information content (AvgIpc) is 3.52. The Balaban J connectivity index is 0.00000372. The number of pyridine rings is 1. The molecule has 6 heteroatoms. The second-order valence-electron chi connectivity index (χ2n) is 11.9. The first kappa shape index (κ1) is 31.5. The van der Waals surface area contributed by atoms with E-state index in [0.29, 0.717) is 11.5 Å². The molecule has 0 atom stereocenters. The van der Waals surface area contributed by atoms with Gasteiger partial charge >= 0.3 is 21.1 Å². The third-order valence-corrected chi connectivity index (χ3v) is 8.45. The molecule has 0 saturated heterocycles. The van der Waals surface area contributed by atoms with Gasteiger partial charge in [-0.2, -0.15) is 16.7 Å². The van der Waals surface area contributed by atoms with Gasteiger partial charge in [0.15, 0.2) is 0 Å². The van der Waals surface area contributed by atoms with Crippen molar-refractivity contribution in [1.29, 1.82) is 0 Å². The fourth-order valence-electron chi connectivity index (χ4n) is 6.28. The van der Waals surface area contributed by atoms with E-state index in [1.807, 2.05) is 29.1 Å². The van der Waals surface area contributed by atoms with Gasteiger partial charge in [-0.1, -0.05) is 79.7 Å². The number of nitrogens with zero attached hydrogens (tertiary/aromatic N) is 4. The van der Waals surface area contributed by atoms with Crippen LogP contribution in [0.5, 0.6) is 11.5 Å². The molecule has 0 N–H and O–H groups in total. The summed E-state index contributed by atoms with van der Waals surface area (Å²) >= 11 is 0. The molecular formula is C40H36N4OPt. The van der Waals surface area contributed by atoms with Gasteiger partial charge in [0.25, 0.3) is 0 Å². The van der Waals surface area contributed by atoms with Crippen LogP contribution in [0.25, 0.3) is 44.4 Å². The quantitative estimate of drug-likeness (QED) is 0.144. The van der Waals surface area contributed by atoms with Gasteiger partial charge < -0.3 is 9.30 Å². The SMILES string of the molecule is CCCCc1cc(Oc2[c-]c3c(cc2)c2cc(C)ccc2n3-c2cc(C)ccn2)[c-]c(-n2nc(C)c(-c3ccccc3)c2C)c1.[Pt+2]. The van der Waals surface area contributed by atoms with E-state index in [9.17, 15) is 0 Å². The molecule has 0 saturated carbocycles. The Morgan fingerprint density at radius 3 is 2.37 bits per heavy atom. The molecule has 46 heavy (non-hydrogen) atoms. The molecule has 0 aliphatic rings. The summed E-state index contributed by atoms with van der Waals surface area (Å²) in [5.41, 5.74) is 10.8. The Kier molecular flexibility index (Phi) is 8.97. The molecule has 0 radical (unpaired) electrons. The van der Waals surface area contributed by atoms with Crippen LogP contribution in [0.3, 0.4) is 0 Å². The number of hydrogen-bond donors (Lipinski definition) is 0. The minimum absolute atomic E-state index is 0. The fourth-order valence-corrected chi connectivity index (χ4v) is 6.28. The smallest absolute Gasteiger partial charge is 0.509 e. The van der Waals surface area contributed by atoms with Crippen molar-refractivity contribution in [3.05, 3.63) is 131 Å². The summed E-state index contributed by atoms with van der Waals surface area (Å²) < 4.78 is 10.8. The number of benzene rings is 4. The number of hydrogen-bond acceptors (Lipinski definition) is 3. The molecular weight excluding hydrogens is 748 g/mol. The Morgan fingerprint density at radius 1 is 0.783 bits per heavy atom. The first-order chi connectivity index (χ1) is 21.9. The molecule has 0 unspecified atom stereocenters. The molecule has 0 aliphatic carbocycles. The van der Waals surface area contributed by atoms with Crippen LogP contribution in [0.4, 0.5) is 0 Å². The van der Waals surface area contributed by atoms with Crippen molar-refractivity contribution in [1.82, 2.24) is 19.3 Å². The normalized spacial score (nSPS) is 11.2.